The predicted molar refractivity (Wildman–Crippen MR) is 202 cm³/mol. The molecule has 0 unspecified atom stereocenters. The molecule has 5 heteroatoms. The van der Waals surface area contributed by atoms with E-state index < -0.39 is 0 Å². The molecule has 7 aromatic carbocycles. The van der Waals surface area contributed by atoms with Crippen molar-refractivity contribution in [1.82, 2.24) is 9.13 Å². The van der Waals surface area contributed by atoms with Crippen LogP contribution in [0.2, 0.25) is 0 Å². The molecule has 50 heavy (non-hydrogen) atoms. The Hall–Kier alpha value is -7.39. The molecule has 0 aliphatic carbocycles. The van der Waals surface area contributed by atoms with Crippen LogP contribution >= 0.6 is 0 Å². The lowest BCUT2D eigenvalue weighted by atomic mass is 9.92. The summed E-state index contributed by atoms with van der Waals surface area (Å²) in [5, 5.41) is 23.7. The van der Waals surface area contributed by atoms with Crippen molar-refractivity contribution in [3.05, 3.63) is 174 Å². The van der Waals surface area contributed by atoms with E-state index in [4.69, 9.17) is 6.57 Å². The third kappa shape index (κ3) is 4.24. The van der Waals surface area contributed by atoms with Gasteiger partial charge in [-0.1, -0.05) is 97.1 Å². The molecule has 0 spiro atoms. The third-order valence-corrected chi connectivity index (χ3v) is 9.61. The average molecular weight is 636 g/mol. The van der Waals surface area contributed by atoms with Gasteiger partial charge in [0, 0.05) is 27.2 Å². The van der Waals surface area contributed by atoms with Crippen LogP contribution in [0.1, 0.15) is 11.1 Å². The van der Waals surface area contributed by atoms with Crippen molar-refractivity contribution in [2.75, 3.05) is 0 Å². The summed E-state index contributed by atoms with van der Waals surface area (Å²) >= 11 is 0. The second kappa shape index (κ2) is 11.4. The van der Waals surface area contributed by atoms with Crippen molar-refractivity contribution < 1.29 is 0 Å². The van der Waals surface area contributed by atoms with Crippen LogP contribution in [0.5, 0.6) is 0 Å². The molecule has 2 heterocycles. The highest BCUT2D eigenvalue weighted by atomic mass is 15.0. The molecule has 0 atom stereocenters. The molecule has 9 rings (SSSR count). The molecule has 0 aliphatic rings. The van der Waals surface area contributed by atoms with E-state index in [1.807, 2.05) is 78.9 Å². The molecule has 0 bridgehead atoms. The summed E-state index contributed by atoms with van der Waals surface area (Å²) in [5.41, 5.74) is 11.5. The predicted octanol–water partition coefficient (Wildman–Crippen LogP) is 11.5. The maximum Gasteiger partial charge on any atom is 0.211 e. The number of benzene rings is 7. The molecule has 0 fully saturated rings. The van der Waals surface area contributed by atoms with Gasteiger partial charge in [-0.2, -0.15) is 10.5 Å². The molecule has 0 saturated heterocycles. The van der Waals surface area contributed by atoms with E-state index in [2.05, 4.69) is 98.9 Å². The Balaban J connectivity index is 1.29. The van der Waals surface area contributed by atoms with E-state index in [0.29, 0.717) is 16.8 Å². The first-order chi connectivity index (χ1) is 24.7. The maximum atomic E-state index is 9.98. The fraction of sp³-hybridized carbons (Fsp3) is 0. The van der Waals surface area contributed by atoms with Crippen LogP contribution in [0, 0.1) is 29.2 Å². The summed E-state index contributed by atoms with van der Waals surface area (Å²) < 4.78 is 4.41. The molecular weight excluding hydrogens is 611 g/mol. The molecule has 5 nitrogen and oxygen atoms in total. The Bertz CT molecular complexity index is 2970. The Morgan fingerprint density at radius 2 is 1.16 bits per heavy atom. The van der Waals surface area contributed by atoms with Gasteiger partial charge in [-0.25, -0.2) is 4.85 Å². The fourth-order valence-corrected chi connectivity index (χ4v) is 7.53. The molecule has 0 radical (unpaired) electrons. The number of rotatable bonds is 4. The fourth-order valence-electron chi connectivity index (χ4n) is 7.53. The van der Waals surface area contributed by atoms with Crippen LogP contribution in [-0.4, -0.2) is 9.13 Å². The molecule has 230 valence electrons. The zero-order chi connectivity index (χ0) is 33.8. The average Bonchev–Trinajstić information content (AvgIpc) is 3.70. The van der Waals surface area contributed by atoms with Gasteiger partial charge in [0.1, 0.15) is 0 Å². The van der Waals surface area contributed by atoms with E-state index in [1.54, 1.807) is 0 Å². The van der Waals surface area contributed by atoms with Crippen molar-refractivity contribution in [2.24, 2.45) is 0 Å². The van der Waals surface area contributed by atoms with E-state index in [9.17, 15) is 10.5 Å². The van der Waals surface area contributed by atoms with Crippen LogP contribution < -0.4 is 0 Å². The second-order valence-electron chi connectivity index (χ2n) is 12.2. The topological polar surface area (TPSA) is 61.8 Å². The number of hydrogen-bond donors (Lipinski definition) is 0. The highest BCUT2D eigenvalue weighted by molar-refractivity contribution is 6.12. The summed E-state index contributed by atoms with van der Waals surface area (Å²) in [6.07, 6.45) is 0. The normalized spacial score (nSPS) is 11.1. The van der Waals surface area contributed by atoms with Crippen LogP contribution in [0.4, 0.5) is 5.69 Å². The lowest BCUT2D eigenvalue weighted by molar-refractivity contribution is 1.18. The first-order valence-corrected chi connectivity index (χ1v) is 16.3. The minimum absolute atomic E-state index is 0.539. The lowest BCUT2D eigenvalue weighted by Gasteiger charge is -2.19. The summed E-state index contributed by atoms with van der Waals surface area (Å²) in [6, 6.07) is 55.5. The van der Waals surface area contributed by atoms with Gasteiger partial charge in [-0.05, 0) is 76.9 Å². The summed E-state index contributed by atoms with van der Waals surface area (Å²) in [7, 11) is 0. The lowest BCUT2D eigenvalue weighted by Crippen LogP contribution is -1.99. The van der Waals surface area contributed by atoms with Crippen LogP contribution in [0.25, 0.3) is 82.1 Å². The van der Waals surface area contributed by atoms with Crippen molar-refractivity contribution in [3.63, 3.8) is 0 Å². The first-order valence-electron chi connectivity index (χ1n) is 16.3. The number of hydrogen-bond acceptors (Lipinski definition) is 2. The smallest absolute Gasteiger partial charge is 0.211 e. The molecule has 2 aromatic heterocycles. The zero-order valence-electron chi connectivity index (χ0n) is 26.7. The van der Waals surface area contributed by atoms with Gasteiger partial charge in [-0.3, -0.25) is 0 Å². The Morgan fingerprint density at radius 3 is 1.96 bits per heavy atom. The van der Waals surface area contributed by atoms with Gasteiger partial charge in [0.25, 0.3) is 0 Å². The quantitative estimate of drug-likeness (QED) is 0.181. The van der Waals surface area contributed by atoms with Crippen molar-refractivity contribution in [3.8, 4) is 45.8 Å². The summed E-state index contributed by atoms with van der Waals surface area (Å²) in [4.78, 5) is 4.03. The second-order valence-corrected chi connectivity index (χ2v) is 12.2. The Labute approximate surface area is 288 Å². The number of fused-ring (bicyclic) bond motifs is 6. The third-order valence-electron chi connectivity index (χ3n) is 9.61. The van der Waals surface area contributed by atoms with Gasteiger partial charge >= 0.3 is 0 Å². The highest BCUT2D eigenvalue weighted by Crippen LogP contribution is 2.44. The van der Waals surface area contributed by atoms with Gasteiger partial charge in [0.2, 0.25) is 5.69 Å². The van der Waals surface area contributed by atoms with Crippen LogP contribution in [0.3, 0.4) is 0 Å². The van der Waals surface area contributed by atoms with Gasteiger partial charge < -0.3 is 9.13 Å². The molecule has 0 saturated carbocycles. The molecular formula is C45H25N5. The monoisotopic (exact) mass is 635 g/mol. The number of para-hydroxylation sites is 3. The minimum atomic E-state index is 0.539. The van der Waals surface area contributed by atoms with Gasteiger partial charge in [0.05, 0.1) is 57.6 Å². The molecule has 0 N–H and O–H groups in total. The van der Waals surface area contributed by atoms with Crippen molar-refractivity contribution in [2.45, 2.75) is 0 Å². The number of nitrogens with zero attached hydrogens (tertiary/aromatic N) is 5. The largest absolute Gasteiger partial charge is 0.318 e. The summed E-state index contributed by atoms with van der Waals surface area (Å²) in [5.74, 6) is 0. The standard InChI is InChI=1S/C45H25N5/c1-48-39-19-10-18-36(45(39)50-40-20-6-4-16-35(40)38-25-29(27-46)23-24-42(38)50)34-15-3-2-14-33(34)30-11-8-13-32(26-30)49-41-21-7-5-17-37(41)44-31(28-47)12-9-22-43(44)49/h2-26H. The van der Waals surface area contributed by atoms with Crippen molar-refractivity contribution >= 4 is 49.3 Å². The molecule has 0 aliphatic heterocycles. The Kier molecular flexibility index (Phi) is 6.56. The maximum absolute atomic E-state index is 9.98. The van der Waals surface area contributed by atoms with E-state index >= 15 is 0 Å². The first kappa shape index (κ1) is 28.8. The van der Waals surface area contributed by atoms with E-state index in [1.165, 1.54) is 0 Å². The number of aromatic nitrogens is 2. The van der Waals surface area contributed by atoms with E-state index in [0.717, 1.165) is 77.2 Å². The molecule has 0 amide bonds. The number of nitriles is 2. The van der Waals surface area contributed by atoms with Crippen LogP contribution in [-0.2, 0) is 0 Å². The minimum Gasteiger partial charge on any atom is -0.318 e. The van der Waals surface area contributed by atoms with Gasteiger partial charge in [-0.15, -0.1) is 0 Å². The zero-order valence-corrected chi connectivity index (χ0v) is 26.7. The van der Waals surface area contributed by atoms with E-state index in [-0.39, 0.29) is 0 Å². The van der Waals surface area contributed by atoms with Gasteiger partial charge in [0.15, 0.2) is 0 Å². The highest BCUT2D eigenvalue weighted by Gasteiger charge is 2.21. The SMILES string of the molecule is [C-]#[N+]c1cccc(-c2ccccc2-c2cccc(-n3c4ccccc4c4c(C#N)cccc43)c2)c1-n1c2ccccc2c2cc(C#N)ccc21. The molecule has 9 aromatic rings. The van der Waals surface area contributed by atoms with Crippen LogP contribution in [0.15, 0.2) is 152 Å². The summed E-state index contributed by atoms with van der Waals surface area (Å²) in [6.45, 7) is 8.26. The van der Waals surface area contributed by atoms with Crippen molar-refractivity contribution in [1.29, 1.82) is 10.5 Å². The Morgan fingerprint density at radius 1 is 0.500 bits per heavy atom.